The van der Waals surface area contributed by atoms with Crippen molar-refractivity contribution >= 4 is 49.7 Å². The van der Waals surface area contributed by atoms with Gasteiger partial charge in [0.05, 0.1) is 29.1 Å². The molecule has 0 bridgehead atoms. The zero-order valence-electron chi connectivity index (χ0n) is 15.1. The lowest BCUT2D eigenvalue weighted by atomic mass is 10.1. The summed E-state index contributed by atoms with van der Waals surface area (Å²) in [6, 6.07) is 0. The Labute approximate surface area is 165 Å². The first-order valence-corrected chi connectivity index (χ1v) is 10.8. The number of ether oxygens (including phenoxy) is 1. The van der Waals surface area contributed by atoms with E-state index in [1.165, 1.54) is 18.3 Å². The van der Waals surface area contributed by atoms with Crippen LogP contribution in [0.4, 0.5) is 5.00 Å². The fourth-order valence-electron chi connectivity index (χ4n) is 2.12. The summed E-state index contributed by atoms with van der Waals surface area (Å²) in [7, 11) is -3.71. The van der Waals surface area contributed by atoms with Crippen LogP contribution in [-0.2, 0) is 14.6 Å². The van der Waals surface area contributed by atoms with E-state index in [0.717, 1.165) is 11.1 Å². The summed E-state index contributed by atoms with van der Waals surface area (Å²) in [5.74, 6) is -1.52. The van der Waals surface area contributed by atoms with E-state index in [0.29, 0.717) is 5.56 Å². The Hall–Kier alpha value is -2.04. The van der Waals surface area contributed by atoms with E-state index in [9.17, 15) is 18.0 Å². The number of halogens is 1. The Morgan fingerprint density at radius 3 is 2.56 bits per heavy atom. The van der Waals surface area contributed by atoms with E-state index in [-0.39, 0.29) is 33.6 Å². The van der Waals surface area contributed by atoms with Gasteiger partial charge >= 0.3 is 5.97 Å². The molecule has 11 heteroatoms. The summed E-state index contributed by atoms with van der Waals surface area (Å²) >= 11 is 7.17. The summed E-state index contributed by atoms with van der Waals surface area (Å²) < 4.78 is 28.9. The number of anilines is 1. The molecule has 0 saturated heterocycles. The van der Waals surface area contributed by atoms with E-state index in [4.69, 9.17) is 16.3 Å². The van der Waals surface area contributed by atoms with Gasteiger partial charge in [0.1, 0.15) is 5.00 Å². The van der Waals surface area contributed by atoms with Crippen molar-refractivity contribution in [3.05, 3.63) is 32.9 Å². The summed E-state index contributed by atoms with van der Waals surface area (Å²) in [4.78, 5) is 33.1. The molecule has 0 aliphatic heterocycles. The highest BCUT2D eigenvalue weighted by Crippen LogP contribution is 2.33. The lowest BCUT2D eigenvalue weighted by Gasteiger charge is -2.08. The molecule has 0 aliphatic carbocycles. The monoisotopic (exact) mass is 431 g/mol. The maximum atomic E-state index is 12.6. The van der Waals surface area contributed by atoms with Gasteiger partial charge in [-0.25, -0.2) is 23.2 Å². The molecule has 8 nitrogen and oxygen atoms in total. The van der Waals surface area contributed by atoms with Gasteiger partial charge in [-0.05, 0) is 26.3 Å². The quantitative estimate of drug-likeness (QED) is 0.552. The van der Waals surface area contributed by atoms with Gasteiger partial charge in [-0.2, -0.15) is 0 Å². The van der Waals surface area contributed by atoms with Crippen LogP contribution in [0, 0.1) is 13.8 Å². The summed E-state index contributed by atoms with van der Waals surface area (Å²) in [6.45, 7) is 6.87. The topological polar surface area (TPSA) is 115 Å². The number of hydrogen-bond acceptors (Lipinski definition) is 8. The number of amides is 1. The van der Waals surface area contributed by atoms with Crippen LogP contribution in [0.15, 0.2) is 11.4 Å². The van der Waals surface area contributed by atoms with Crippen molar-refractivity contribution in [3.63, 3.8) is 0 Å². The fourth-order valence-corrected chi connectivity index (χ4v) is 4.04. The fraction of sp³-hybridized carbons (Fsp3) is 0.375. The van der Waals surface area contributed by atoms with Crippen molar-refractivity contribution in [1.29, 1.82) is 0 Å². The molecule has 2 rings (SSSR count). The SMILES string of the molecule is CCOC(=O)c1c(NC(=O)c2nc(S(=O)(=O)CC)ncc2Cl)sc(C)c1C. The third-order valence-corrected chi connectivity index (χ3v) is 6.60. The number of aromatic nitrogens is 2. The van der Waals surface area contributed by atoms with Crippen LogP contribution in [-0.4, -0.2) is 42.6 Å². The highest BCUT2D eigenvalue weighted by Gasteiger charge is 2.25. The molecule has 0 aliphatic rings. The molecule has 2 aromatic rings. The summed E-state index contributed by atoms with van der Waals surface area (Å²) in [5, 5.41) is 2.27. The molecule has 0 aromatic carbocycles. The maximum absolute atomic E-state index is 12.6. The third kappa shape index (κ3) is 4.45. The number of sulfone groups is 1. The second-order valence-electron chi connectivity index (χ2n) is 5.41. The van der Waals surface area contributed by atoms with Gasteiger partial charge in [0.25, 0.3) is 5.91 Å². The average Bonchev–Trinajstić information content (AvgIpc) is 2.89. The number of nitrogens with one attached hydrogen (secondary N) is 1. The second kappa shape index (κ2) is 8.32. The summed E-state index contributed by atoms with van der Waals surface area (Å²) in [6.07, 6.45) is 1.06. The first kappa shape index (κ1) is 21.3. The van der Waals surface area contributed by atoms with Crippen LogP contribution >= 0.6 is 22.9 Å². The number of aryl methyl sites for hydroxylation is 1. The molecule has 0 spiro atoms. The van der Waals surface area contributed by atoms with E-state index in [2.05, 4.69) is 15.3 Å². The van der Waals surface area contributed by atoms with Crippen LogP contribution in [0.1, 0.15) is 45.1 Å². The second-order valence-corrected chi connectivity index (χ2v) is 9.22. The predicted octanol–water partition coefficient (Wildman–Crippen LogP) is 3.03. The molecule has 0 atom stereocenters. The molecule has 2 aromatic heterocycles. The Bertz CT molecular complexity index is 1000. The third-order valence-electron chi connectivity index (χ3n) is 3.69. The van der Waals surface area contributed by atoms with Crippen LogP contribution in [0.5, 0.6) is 0 Å². The Morgan fingerprint density at radius 2 is 1.96 bits per heavy atom. The zero-order valence-corrected chi connectivity index (χ0v) is 17.5. The zero-order chi connectivity index (χ0) is 20.4. The number of rotatable bonds is 6. The molecule has 1 amide bonds. The van der Waals surface area contributed by atoms with Gasteiger partial charge in [-0.1, -0.05) is 18.5 Å². The van der Waals surface area contributed by atoms with Crippen LogP contribution in [0.3, 0.4) is 0 Å². The van der Waals surface area contributed by atoms with Crippen molar-refractivity contribution in [3.8, 4) is 0 Å². The Balaban J connectivity index is 2.43. The van der Waals surface area contributed by atoms with Gasteiger partial charge in [-0.15, -0.1) is 11.3 Å². The van der Waals surface area contributed by atoms with Gasteiger partial charge < -0.3 is 10.1 Å². The van der Waals surface area contributed by atoms with Crippen LogP contribution in [0.25, 0.3) is 0 Å². The lowest BCUT2D eigenvalue weighted by Crippen LogP contribution is -2.19. The molecule has 1 N–H and O–H groups in total. The van der Waals surface area contributed by atoms with Crippen molar-refractivity contribution in [2.45, 2.75) is 32.9 Å². The molecule has 0 unspecified atom stereocenters. The van der Waals surface area contributed by atoms with Crippen molar-refractivity contribution in [1.82, 2.24) is 9.97 Å². The number of carbonyl (C=O) groups excluding carboxylic acids is 2. The Kier molecular flexibility index (Phi) is 6.55. The van der Waals surface area contributed by atoms with Crippen LogP contribution < -0.4 is 5.32 Å². The molecular formula is C16H18ClN3O5S2. The smallest absolute Gasteiger partial charge is 0.341 e. The number of nitrogens with zero attached hydrogens (tertiary/aromatic N) is 2. The van der Waals surface area contributed by atoms with Gasteiger partial charge in [0, 0.05) is 4.88 Å². The van der Waals surface area contributed by atoms with E-state index in [1.54, 1.807) is 13.8 Å². The highest BCUT2D eigenvalue weighted by atomic mass is 35.5. The average molecular weight is 432 g/mol. The molecule has 27 heavy (non-hydrogen) atoms. The Morgan fingerprint density at radius 1 is 1.30 bits per heavy atom. The minimum absolute atomic E-state index is 0.106. The van der Waals surface area contributed by atoms with Gasteiger partial charge in [0.2, 0.25) is 15.0 Å². The van der Waals surface area contributed by atoms with E-state index >= 15 is 0 Å². The van der Waals surface area contributed by atoms with E-state index in [1.807, 2.05) is 6.92 Å². The van der Waals surface area contributed by atoms with Crippen molar-refractivity contribution in [2.24, 2.45) is 0 Å². The minimum Gasteiger partial charge on any atom is -0.462 e. The molecule has 0 saturated carbocycles. The molecule has 0 fully saturated rings. The van der Waals surface area contributed by atoms with Crippen molar-refractivity contribution in [2.75, 3.05) is 17.7 Å². The normalized spacial score (nSPS) is 11.3. The maximum Gasteiger partial charge on any atom is 0.341 e. The van der Waals surface area contributed by atoms with E-state index < -0.39 is 26.9 Å². The standard InChI is InChI=1S/C16H18ClN3O5S2/c1-5-25-15(22)11-8(3)9(4)26-14(11)20-13(21)12-10(17)7-18-16(19-12)27(23,24)6-2/h7H,5-6H2,1-4H3,(H,20,21). The first-order valence-electron chi connectivity index (χ1n) is 7.96. The van der Waals surface area contributed by atoms with Crippen LogP contribution in [0.2, 0.25) is 5.02 Å². The van der Waals surface area contributed by atoms with Gasteiger partial charge in [0.15, 0.2) is 5.69 Å². The first-order chi connectivity index (χ1) is 12.6. The number of thiophene rings is 1. The summed E-state index contributed by atoms with van der Waals surface area (Å²) in [5.41, 5.74) is 0.647. The lowest BCUT2D eigenvalue weighted by molar-refractivity contribution is 0.0527. The largest absolute Gasteiger partial charge is 0.462 e. The molecule has 146 valence electrons. The van der Waals surface area contributed by atoms with Crippen molar-refractivity contribution < 1.29 is 22.7 Å². The predicted molar refractivity (Wildman–Crippen MR) is 102 cm³/mol. The number of carbonyl (C=O) groups is 2. The molecule has 0 radical (unpaired) electrons. The minimum atomic E-state index is -3.71. The number of hydrogen-bond donors (Lipinski definition) is 1. The molecular weight excluding hydrogens is 414 g/mol. The highest BCUT2D eigenvalue weighted by molar-refractivity contribution is 7.91. The molecule has 2 heterocycles. The van der Waals surface area contributed by atoms with Gasteiger partial charge in [-0.3, -0.25) is 4.79 Å². The number of esters is 1.